The largest absolute Gasteiger partial charge is 0.491 e. The number of ether oxygens (including phenoxy) is 5. The van der Waals surface area contributed by atoms with Crippen LogP contribution in [0.5, 0.6) is 46.0 Å². The highest BCUT2D eigenvalue weighted by Crippen LogP contribution is 2.36. The quantitative estimate of drug-likeness (QED) is 0.0970. The van der Waals surface area contributed by atoms with Gasteiger partial charge in [0.15, 0.2) is 0 Å². The maximum Gasteiger partial charge on any atom is 0.145 e. The van der Waals surface area contributed by atoms with Gasteiger partial charge in [-0.05, 0) is 133 Å². The van der Waals surface area contributed by atoms with E-state index >= 15 is 0 Å². The van der Waals surface area contributed by atoms with Crippen molar-refractivity contribution in [1.82, 2.24) is 0 Å². The lowest BCUT2D eigenvalue weighted by Gasteiger charge is -2.26. The summed E-state index contributed by atoms with van der Waals surface area (Å²) in [6.45, 7) is 12.4. The van der Waals surface area contributed by atoms with Crippen LogP contribution >= 0.6 is 0 Å². The second-order valence-corrected chi connectivity index (χ2v) is 14.3. The van der Waals surface area contributed by atoms with Gasteiger partial charge in [0.2, 0.25) is 0 Å². The minimum atomic E-state index is -0.186. The van der Waals surface area contributed by atoms with Crippen LogP contribution in [0.4, 0.5) is 0 Å². The lowest BCUT2D eigenvalue weighted by atomic mass is 9.90. The molecule has 0 amide bonds. The fraction of sp³-hybridized carbons (Fsp3) is 0.240. The number of nitrogens with zero attached hydrogens (tertiary/aromatic N) is 2. The summed E-state index contributed by atoms with van der Waals surface area (Å²) in [4.78, 5) is 0. The van der Waals surface area contributed by atoms with E-state index in [-0.39, 0.29) is 24.0 Å². The average Bonchev–Trinajstić information content (AvgIpc) is 3.24. The van der Waals surface area contributed by atoms with Crippen molar-refractivity contribution in [2.75, 3.05) is 0 Å². The van der Waals surface area contributed by atoms with Crippen molar-refractivity contribution in [3.63, 3.8) is 0 Å². The van der Waals surface area contributed by atoms with Crippen molar-refractivity contribution >= 4 is 0 Å². The Hall–Kier alpha value is -6.70. The Kier molecular flexibility index (Phi) is 13.2. The molecule has 6 aromatic rings. The molecule has 0 radical (unpaired) electrons. The third-order valence-electron chi connectivity index (χ3n) is 9.99. The zero-order valence-electron chi connectivity index (χ0n) is 33.4. The van der Waals surface area contributed by atoms with Crippen LogP contribution in [0, 0.1) is 22.7 Å². The Morgan fingerprint density at radius 1 is 0.456 bits per heavy atom. The monoisotopic (exact) mass is 756 g/mol. The smallest absolute Gasteiger partial charge is 0.145 e. The highest BCUT2D eigenvalue weighted by atomic mass is 16.5. The molecule has 3 atom stereocenters. The summed E-state index contributed by atoms with van der Waals surface area (Å²) in [6, 6.07) is 46.9. The number of hydrogen-bond acceptors (Lipinski definition) is 7. The van der Waals surface area contributed by atoms with Crippen LogP contribution in [0.2, 0.25) is 0 Å². The number of hydrogen-bond donors (Lipinski definition) is 0. The minimum absolute atomic E-state index is 0.0963. The molecule has 0 saturated carbocycles. The van der Waals surface area contributed by atoms with E-state index in [0.29, 0.717) is 45.6 Å². The first-order valence-electron chi connectivity index (χ1n) is 19.5. The molecule has 0 aliphatic heterocycles. The standard InChI is InChI=1S/C50H48N2O5/c1-7-34(5)53-38-23-25-39(26-24-38)54-40-27-29-43(30-28-40)57-50-14-10-12-45(47(50)32-52)35(6)48(8-2)55-41-19-15-36(16-20-41)37-17-21-42(22-18-37)56-49-13-9-11-44(33(3)4)46(49)31-51/h9-30,33-35,48H,7-8H2,1-6H3. The molecule has 0 N–H and O–H groups in total. The zero-order chi connectivity index (χ0) is 40.3. The van der Waals surface area contributed by atoms with E-state index in [0.717, 1.165) is 46.6 Å². The Balaban J connectivity index is 1.08. The third-order valence-corrected chi connectivity index (χ3v) is 9.99. The molecule has 0 spiro atoms. The Bertz CT molecular complexity index is 2320. The van der Waals surface area contributed by atoms with Gasteiger partial charge in [0, 0.05) is 5.92 Å². The van der Waals surface area contributed by atoms with Crippen molar-refractivity contribution in [1.29, 1.82) is 10.5 Å². The highest BCUT2D eigenvalue weighted by Gasteiger charge is 2.24. The Morgan fingerprint density at radius 3 is 1.32 bits per heavy atom. The average molecular weight is 757 g/mol. The lowest BCUT2D eigenvalue weighted by molar-refractivity contribution is 0.171. The molecule has 6 rings (SSSR count). The molecule has 0 fully saturated rings. The summed E-state index contributed by atoms with van der Waals surface area (Å²) < 4.78 is 30.8. The van der Waals surface area contributed by atoms with E-state index in [9.17, 15) is 10.5 Å². The first kappa shape index (κ1) is 40.0. The maximum atomic E-state index is 10.3. The molecule has 7 heteroatoms. The van der Waals surface area contributed by atoms with Gasteiger partial charge in [-0.2, -0.15) is 10.5 Å². The second kappa shape index (κ2) is 18.8. The van der Waals surface area contributed by atoms with Crippen molar-refractivity contribution < 1.29 is 23.7 Å². The van der Waals surface area contributed by atoms with E-state index in [1.165, 1.54) is 0 Å². The molecule has 57 heavy (non-hydrogen) atoms. The molecular formula is C50H48N2O5. The third kappa shape index (κ3) is 9.95. The van der Waals surface area contributed by atoms with E-state index in [1.54, 1.807) is 0 Å². The first-order chi connectivity index (χ1) is 27.7. The van der Waals surface area contributed by atoms with E-state index in [4.69, 9.17) is 23.7 Å². The van der Waals surface area contributed by atoms with Gasteiger partial charge >= 0.3 is 0 Å². The molecule has 3 unspecified atom stereocenters. The predicted octanol–water partition coefficient (Wildman–Crippen LogP) is 13.7. The second-order valence-electron chi connectivity index (χ2n) is 14.3. The molecule has 7 nitrogen and oxygen atoms in total. The molecule has 0 aliphatic rings. The molecule has 0 aliphatic carbocycles. The van der Waals surface area contributed by atoms with Crippen molar-refractivity contribution in [2.24, 2.45) is 0 Å². The Labute approximate surface area is 336 Å². The summed E-state index contributed by atoms with van der Waals surface area (Å²) in [5.41, 5.74) is 4.94. The van der Waals surface area contributed by atoms with Crippen molar-refractivity contribution in [3.8, 4) is 69.3 Å². The summed E-state index contributed by atoms with van der Waals surface area (Å²) in [6.07, 6.45) is 1.64. The van der Waals surface area contributed by atoms with Gasteiger partial charge in [0.1, 0.15) is 64.2 Å². The van der Waals surface area contributed by atoms with Crippen LogP contribution in [0.1, 0.15) is 88.5 Å². The van der Waals surface area contributed by atoms with Crippen LogP contribution < -0.4 is 23.7 Å². The normalized spacial score (nSPS) is 12.4. The van der Waals surface area contributed by atoms with E-state index in [1.807, 2.05) is 140 Å². The van der Waals surface area contributed by atoms with Crippen LogP contribution in [0.25, 0.3) is 11.1 Å². The van der Waals surface area contributed by atoms with Crippen molar-refractivity contribution in [3.05, 3.63) is 156 Å². The lowest BCUT2D eigenvalue weighted by Crippen LogP contribution is -2.23. The highest BCUT2D eigenvalue weighted by molar-refractivity contribution is 5.65. The van der Waals surface area contributed by atoms with Gasteiger partial charge in [-0.1, -0.05) is 83.1 Å². The summed E-state index contributed by atoms with van der Waals surface area (Å²) in [5, 5.41) is 20.1. The SMILES string of the molecule is CCC(C)Oc1ccc(Oc2ccc(Oc3cccc(C(C)C(CC)Oc4ccc(-c5ccc(Oc6cccc(C(C)C)c6C#N)cc5)cc4)c3C#N)cc2)cc1. The fourth-order valence-corrected chi connectivity index (χ4v) is 6.59. The maximum absolute atomic E-state index is 10.3. The van der Waals surface area contributed by atoms with Gasteiger partial charge in [-0.25, -0.2) is 0 Å². The first-order valence-corrected chi connectivity index (χ1v) is 19.5. The molecular weight excluding hydrogens is 709 g/mol. The van der Waals surface area contributed by atoms with E-state index in [2.05, 4.69) is 46.8 Å². The predicted molar refractivity (Wildman–Crippen MR) is 225 cm³/mol. The van der Waals surface area contributed by atoms with Gasteiger partial charge in [-0.15, -0.1) is 0 Å². The number of nitriles is 2. The topological polar surface area (TPSA) is 93.7 Å². The number of rotatable bonds is 16. The van der Waals surface area contributed by atoms with Crippen LogP contribution in [0.3, 0.4) is 0 Å². The molecule has 0 saturated heterocycles. The minimum Gasteiger partial charge on any atom is -0.491 e. The summed E-state index contributed by atoms with van der Waals surface area (Å²) >= 11 is 0. The van der Waals surface area contributed by atoms with Crippen molar-refractivity contribution in [2.45, 2.75) is 78.4 Å². The van der Waals surface area contributed by atoms with Gasteiger partial charge in [0.05, 0.1) is 17.2 Å². The molecule has 0 heterocycles. The molecule has 6 aromatic carbocycles. The fourth-order valence-electron chi connectivity index (χ4n) is 6.59. The molecule has 0 aromatic heterocycles. The van der Waals surface area contributed by atoms with Crippen LogP contribution in [0.15, 0.2) is 133 Å². The summed E-state index contributed by atoms with van der Waals surface area (Å²) in [7, 11) is 0. The molecule has 0 bridgehead atoms. The van der Waals surface area contributed by atoms with Gasteiger partial charge < -0.3 is 23.7 Å². The van der Waals surface area contributed by atoms with E-state index < -0.39 is 0 Å². The Morgan fingerprint density at radius 2 is 0.860 bits per heavy atom. The summed E-state index contributed by atoms with van der Waals surface area (Å²) in [5.74, 6) is 5.34. The van der Waals surface area contributed by atoms with Gasteiger partial charge in [0.25, 0.3) is 0 Å². The van der Waals surface area contributed by atoms with Gasteiger partial charge in [-0.3, -0.25) is 0 Å². The zero-order valence-corrected chi connectivity index (χ0v) is 33.4. The molecule has 288 valence electrons. The number of benzene rings is 6. The van der Waals surface area contributed by atoms with Crippen LogP contribution in [-0.4, -0.2) is 12.2 Å². The van der Waals surface area contributed by atoms with Crippen LogP contribution in [-0.2, 0) is 0 Å².